The standard InChI is InChI=1S/C28H32FN3O4/c1-19-23(16-26(33)34)27(32-12-10-28(2,3)11-13-32)24(18-30-19)20-4-9-25(31-17-20)36-15-14-35-22-7-5-21(29)6-8-22/h4-9,17-18H,10-16H2,1-3H3,(H,33,34). The number of carboxylic acid groups (broad SMARTS) is 1. The largest absolute Gasteiger partial charge is 0.490 e. The number of aromatic nitrogens is 2. The number of nitrogens with zero attached hydrogens (tertiary/aromatic N) is 3. The summed E-state index contributed by atoms with van der Waals surface area (Å²) in [5.41, 5.74) is 4.41. The number of hydrogen-bond acceptors (Lipinski definition) is 6. The van der Waals surface area contributed by atoms with E-state index in [0.29, 0.717) is 18.2 Å². The van der Waals surface area contributed by atoms with Gasteiger partial charge >= 0.3 is 5.97 Å². The molecule has 0 atom stereocenters. The second-order valence-corrected chi connectivity index (χ2v) is 9.84. The van der Waals surface area contributed by atoms with Crippen molar-refractivity contribution >= 4 is 11.7 Å². The summed E-state index contributed by atoms with van der Waals surface area (Å²) in [5, 5.41) is 9.58. The predicted octanol–water partition coefficient (Wildman–Crippen LogP) is 5.30. The number of aryl methyl sites for hydroxylation is 1. The van der Waals surface area contributed by atoms with Crippen LogP contribution in [0.25, 0.3) is 11.1 Å². The molecule has 36 heavy (non-hydrogen) atoms. The van der Waals surface area contributed by atoms with Gasteiger partial charge in [-0.15, -0.1) is 0 Å². The van der Waals surface area contributed by atoms with E-state index in [-0.39, 0.29) is 24.3 Å². The van der Waals surface area contributed by atoms with Crippen molar-refractivity contribution < 1.29 is 23.8 Å². The number of hydrogen-bond donors (Lipinski definition) is 1. The first-order valence-electron chi connectivity index (χ1n) is 12.1. The molecule has 0 unspecified atom stereocenters. The highest BCUT2D eigenvalue weighted by Gasteiger charge is 2.29. The minimum absolute atomic E-state index is 0.0788. The van der Waals surface area contributed by atoms with Gasteiger partial charge in [-0.3, -0.25) is 9.78 Å². The molecule has 0 amide bonds. The summed E-state index contributed by atoms with van der Waals surface area (Å²) < 4.78 is 24.2. The lowest BCUT2D eigenvalue weighted by molar-refractivity contribution is -0.136. The van der Waals surface area contributed by atoms with Gasteiger partial charge in [0.1, 0.15) is 24.8 Å². The van der Waals surface area contributed by atoms with Crippen LogP contribution in [0.1, 0.15) is 37.9 Å². The first-order valence-corrected chi connectivity index (χ1v) is 12.1. The number of halogens is 1. The average molecular weight is 494 g/mol. The molecule has 1 aliphatic heterocycles. The number of aliphatic carboxylic acids is 1. The van der Waals surface area contributed by atoms with Crippen LogP contribution in [0.3, 0.4) is 0 Å². The van der Waals surface area contributed by atoms with Crippen LogP contribution in [-0.2, 0) is 11.2 Å². The SMILES string of the molecule is Cc1ncc(-c2ccc(OCCOc3ccc(F)cc3)nc2)c(N2CCC(C)(C)CC2)c1CC(=O)O. The van der Waals surface area contributed by atoms with Crippen LogP contribution in [0, 0.1) is 18.2 Å². The summed E-state index contributed by atoms with van der Waals surface area (Å²) in [6.07, 6.45) is 5.52. The lowest BCUT2D eigenvalue weighted by atomic mass is 9.82. The summed E-state index contributed by atoms with van der Waals surface area (Å²) in [7, 11) is 0. The minimum atomic E-state index is -0.875. The van der Waals surface area contributed by atoms with E-state index < -0.39 is 5.97 Å². The van der Waals surface area contributed by atoms with E-state index in [9.17, 15) is 14.3 Å². The molecule has 190 valence electrons. The first kappa shape index (κ1) is 25.4. The van der Waals surface area contributed by atoms with E-state index in [1.165, 1.54) is 12.1 Å². The summed E-state index contributed by atoms with van der Waals surface area (Å²) in [5.74, 6) is -0.163. The van der Waals surface area contributed by atoms with Crippen molar-refractivity contribution in [3.63, 3.8) is 0 Å². The third kappa shape index (κ3) is 6.30. The number of carboxylic acids is 1. The molecule has 8 heteroatoms. The number of pyridine rings is 2. The molecule has 1 fully saturated rings. The molecule has 3 aromatic rings. The molecule has 4 rings (SSSR count). The van der Waals surface area contributed by atoms with Gasteiger partial charge in [-0.05, 0) is 55.5 Å². The molecule has 2 aromatic heterocycles. The number of carbonyl (C=O) groups is 1. The Morgan fingerprint density at radius 1 is 1.03 bits per heavy atom. The van der Waals surface area contributed by atoms with Crippen molar-refractivity contribution in [2.45, 2.75) is 40.0 Å². The van der Waals surface area contributed by atoms with E-state index in [1.54, 1.807) is 24.4 Å². The van der Waals surface area contributed by atoms with Gasteiger partial charge in [0.15, 0.2) is 0 Å². The van der Waals surface area contributed by atoms with Gasteiger partial charge in [0.2, 0.25) is 5.88 Å². The van der Waals surface area contributed by atoms with E-state index >= 15 is 0 Å². The van der Waals surface area contributed by atoms with Crippen LogP contribution >= 0.6 is 0 Å². The van der Waals surface area contributed by atoms with Gasteiger partial charge in [-0.1, -0.05) is 13.8 Å². The summed E-state index contributed by atoms with van der Waals surface area (Å²) in [6.45, 7) is 8.71. The van der Waals surface area contributed by atoms with Crippen molar-refractivity contribution in [2.24, 2.45) is 5.41 Å². The highest BCUT2D eigenvalue weighted by atomic mass is 19.1. The van der Waals surface area contributed by atoms with E-state index in [4.69, 9.17) is 9.47 Å². The summed E-state index contributed by atoms with van der Waals surface area (Å²) in [6, 6.07) is 9.52. The summed E-state index contributed by atoms with van der Waals surface area (Å²) in [4.78, 5) is 22.9. The lowest BCUT2D eigenvalue weighted by Crippen LogP contribution is -2.38. The van der Waals surface area contributed by atoms with Crippen LogP contribution in [0.4, 0.5) is 10.1 Å². The van der Waals surface area contributed by atoms with Gasteiger partial charge in [0.25, 0.3) is 0 Å². The molecule has 1 N–H and O–H groups in total. The zero-order chi connectivity index (χ0) is 25.7. The van der Waals surface area contributed by atoms with Gasteiger partial charge in [0, 0.05) is 53.9 Å². The Kier molecular flexibility index (Phi) is 7.72. The van der Waals surface area contributed by atoms with Gasteiger partial charge < -0.3 is 19.5 Å². The smallest absolute Gasteiger partial charge is 0.307 e. The number of anilines is 1. The topological polar surface area (TPSA) is 84.8 Å². The third-order valence-electron chi connectivity index (χ3n) is 6.59. The third-order valence-corrected chi connectivity index (χ3v) is 6.59. The molecular weight excluding hydrogens is 461 g/mol. The van der Waals surface area contributed by atoms with Crippen LogP contribution < -0.4 is 14.4 Å². The molecular formula is C28H32FN3O4. The maximum absolute atomic E-state index is 13.0. The van der Waals surface area contributed by atoms with Crippen molar-refractivity contribution in [1.82, 2.24) is 9.97 Å². The van der Waals surface area contributed by atoms with Crippen molar-refractivity contribution in [2.75, 3.05) is 31.2 Å². The maximum Gasteiger partial charge on any atom is 0.307 e. The fourth-order valence-electron chi connectivity index (χ4n) is 4.37. The Morgan fingerprint density at radius 3 is 2.36 bits per heavy atom. The zero-order valence-corrected chi connectivity index (χ0v) is 21.0. The van der Waals surface area contributed by atoms with Crippen molar-refractivity contribution in [3.05, 3.63) is 65.9 Å². The molecule has 3 heterocycles. The molecule has 1 aromatic carbocycles. The predicted molar refractivity (Wildman–Crippen MR) is 136 cm³/mol. The number of piperidine rings is 1. The second-order valence-electron chi connectivity index (χ2n) is 9.84. The monoisotopic (exact) mass is 493 g/mol. The fourth-order valence-corrected chi connectivity index (χ4v) is 4.37. The fraction of sp³-hybridized carbons (Fsp3) is 0.393. The number of benzene rings is 1. The number of rotatable bonds is 9. The summed E-state index contributed by atoms with van der Waals surface area (Å²) >= 11 is 0. The Balaban J connectivity index is 1.50. The highest BCUT2D eigenvalue weighted by Crippen LogP contribution is 2.39. The van der Waals surface area contributed by atoms with Crippen LogP contribution in [0.5, 0.6) is 11.6 Å². The molecule has 0 radical (unpaired) electrons. The van der Waals surface area contributed by atoms with Crippen molar-refractivity contribution in [3.8, 4) is 22.8 Å². The van der Waals surface area contributed by atoms with Gasteiger partial charge in [0.05, 0.1) is 12.1 Å². The zero-order valence-electron chi connectivity index (χ0n) is 21.0. The lowest BCUT2D eigenvalue weighted by Gasteiger charge is -2.40. The minimum Gasteiger partial charge on any atom is -0.490 e. The molecule has 0 saturated carbocycles. The second kappa shape index (κ2) is 10.9. The normalized spacial score (nSPS) is 14.9. The molecule has 1 aliphatic rings. The van der Waals surface area contributed by atoms with Crippen LogP contribution in [0.15, 0.2) is 48.8 Å². The molecule has 1 saturated heterocycles. The molecule has 7 nitrogen and oxygen atoms in total. The molecule has 0 spiro atoms. The van der Waals surface area contributed by atoms with E-state index in [0.717, 1.165) is 54.0 Å². The number of ether oxygens (including phenoxy) is 2. The maximum atomic E-state index is 13.0. The van der Waals surface area contributed by atoms with E-state index in [2.05, 4.69) is 28.7 Å². The highest BCUT2D eigenvalue weighted by molar-refractivity contribution is 5.84. The Hall–Kier alpha value is -3.68. The molecule has 0 aliphatic carbocycles. The van der Waals surface area contributed by atoms with Crippen LogP contribution in [-0.4, -0.2) is 47.3 Å². The van der Waals surface area contributed by atoms with Gasteiger partial charge in [-0.2, -0.15) is 0 Å². The Labute approximate surface area is 210 Å². The van der Waals surface area contributed by atoms with Gasteiger partial charge in [-0.25, -0.2) is 9.37 Å². The van der Waals surface area contributed by atoms with E-state index in [1.807, 2.05) is 19.2 Å². The Morgan fingerprint density at radius 2 is 1.72 bits per heavy atom. The van der Waals surface area contributed by atoms with Crippen LogP contribution in [0.2, 0.25) is 0 Å². The Bertz CT molecular complexity index is 1190. The quantitative estimate of drug-likeness (QED) is 0.405. The average Bonchev–Trinajstić information content (AvgIpc) is 2.85. The first-order chi connectivity index (χ1) is 17.2. The molecule has 0 bridgehead atoms. The van der Waals surface area contributed by atoms with Crippen molar-refractivity contribution in [1.29, 1.82) is 0 Å².